The predicted octanol–water partition coefficient (Wildman–Crippen LogP) is 3.09. The summed E-state index contributed by atoms with van der Waals surface area (Å²) in [5, 5.41) is 0.327. The molecule has 0 N–H and O–H groups in total. The summed E-state index contributed by atoms with van der Waals surface area (Å²) < 4.78 is 18.0. The maximum absolute atomic E-state index is 12.7. The highest BCUT2D eigenvalue weighted by molar-refractivity contribution is 14.1. The van der Waals surface area contributed by atoms with E-state index in [0.29, 0.717) is 14.3 Å². The van der Waals surface area contributed by atoms with Crippen LogP contribution in [-0.2, 0) is 0 Å². The first-order chi connectivity index (χ1) is 5.16. The Kier molecular flexibility index (Phi) is 2.95. The third kappa shape index (κ3) is 1.76. The number of ether oxygens (including phenoxy) is 1. The van der Waals surface area contributed by atoms with Gasteiger partial charge in [-0.2, -0.15) is 0 Å². The van der Waals surface area contributed by atoms with E-state index in [1.54, 1.807) is 0 Å². The lowest BCUT2D eigenvalue weighted by atomic mass is 10.3. The van der Waals surface area contributed by atoms with Gasteiger partial charge in [-0.3, -0.25) is 0 Å². The van der Waals surface area contributed by atoms with Crippen molar-refractivity contribution in [1.29, 1.82) is 0 Å². The molecule has 0 aliphatic carbocycles. The Morgan fingerprint density at radius 1 is 1.55 bits per heavy atom. The van der Waals surface area contributed by atoms with Gasteiger partial charge in [0.2, 0.25) is 0 Å². The van der Waals surface area contributed by atoms with E-state index < -0.39 is 0 Å². The highest BCUT2D eigenvalue weighted by atomic mass is 127. The molecule has 1 rings (SSSR count). The van der Waals surface area contributed by atoms with Crippen molar-refractivity contribution in [3.63, 3.8) is 0 Å². The van der Waals surface area contributed by atoms with Crippen molar-refractivity contribution in [3.8, 4) is 5.75 Å². The van der Waals surface area contributed by atoms with Crippen molar-refractivity contribution >= 4 is 34.2 Å². The summed E-state index contributed by atoms with van der Waals surface area (Å²) in [7, 11) is 1.50. The minimum absolute atomic E-state index is 0.323. The molecule has 0 saturated heterocycles. The van der Waals surface area contributed by atoms with Crippen molar-refractivity contribution in [2.24, 2.45) is 0 Å². The van der Waals surface area contributed by atoms with Crippen LogP contribution in [0, 0.1) is 9.39 Å². The Labute approximate surface area is 82.6 Å². The highest BCUT2D eigenvalue weighted by Crippen LogP contribution is 2.30. The maximum Gasteiger partial charge on any atom is 0.138 e. The molecule has 0 fully saturated rings. The van der Waals surface area contributed by atoms with Crippen LogP contribution in [0.4, 0.5) is 4.39 Å². The molecule has 1 aromatic rings. The molecule has 0 saturated carbocycles. The molecule has 0 aliphatic rings. The van der Waals surface area contributed by atoms with Gasteiger partial charge in [0.25, 0.3) is 0 Å². The first-order valence-electron chi connectivity index (χ1n) is 2.84. The second-order valence-corrected chi connectivity index (χ2v) is 3.33. The summed E-state index contributed by atoms with van der Waals surface area (Å²) in [6, 6.07) is 2.83. The Morgan fingerprint density at radius 2 is 2.18 bits per heavy atom. The molecule has 0 aromatic heterocycles. The van der Waals surface area contributed by atoms with Gasteiger partial charge in [-0.25, -0.2) is 4.39 Å². The van der Waals surface area contributed by atoms with Crippen LogP contribution in [0.15, 0.2) is 12.1 Å². The van der Waals surface area contributed by atoms with Gasteiger partial charge < -0.3 is 4.74 Å². The number of halogens is 3. The lowest BCUT2D eigenvalue weighted by molar-refractivity contribution is 0.413. The molecule has 0 unspecified atom stereocenters. The lowest BCUT2D eigenvalue weighted by Crippen LogP contribution is -1.88. The number of methoxy groups -OCH3 is 1. The van der Waals surface area contributed by atoms with E-state index in [4.69, 9.17) is 16.3 Å². The Hall–Kier alpha value is -0.0300. The third-order valence-corrected chi connectivity index (χ3v) is 2.97. The fourth-order valence-corrected chi connectivity index (χ4v) is 1.34. The number of rotatable bonds is 1. The van der Waals surface area contributed by atoms with Crippen LogP contribution in [0.25, 0.3) is 0 Å². The smallest absolute Gasteiger partial charge is 0.138 e. The quantitative estimate of drug-likeness (QED) is 0.569. The van der Waals surface area contributed by atoms with E-state index in [0.717, 1.165) is 0 Å². The summed E-state index contributed by atoms with van der Waals surface area (Å²) in [5.41, 5.74) is 0. The van der Waals surface area contributed by atoms with E-state index in [1.165, 1.54) is 19.2 Å². The van der Waals surface area contributed by atoms with E-state index in [2.05, 4.69) is 0 Å². The molecular formula is C7H5ClFIO. The molecule has 0 heterocycles. The van der Waals surface area contributed by atoms with Gasteiger partial charge in [-0.05, 0) is 34.7 Å². The Balaban J connectivity index is 3.25. The number of hydrogen-bond acceptors (Lipinski definition) is 1. The van der Waals surface area contributed by atoms with E-state index >= 15 is 0 Å². The van der Waals surface area contributed by atoms with Gasteiger partial charge >= 0.3 is 0 Å². The summed E-state index contributed by atoms with van der Waals surface area (Å²) >= 11 is 7.56. The molecule has 0 spiro atoms. The van der Waals surface area contributed by atoms with E-state index in [-0.39, 0.29) is 5.82 Å². The molecule has 0 atom stereocenters. The molecule has 0 radical (unpaired) electrons. The largest absolute Gasteiger partial charge is 0.495 e. The van der Waals surface area contributed by atoms with Crippen LogP contribution >= 0.6 is 34.2 Å². The third-order valence-electron chi connectivity index (χ3n) is 1.22. The average molecular weight is 286 g/mol. The first kappa shape index (κ1) is 9.06. The molecule has 1 nitrogen and oxygen atoms in total. The Morgan fingerprint density at radius 3 is 2.73 bits per heavy atom. The van der Waals surface area contributed by atoms with E-state index in [1.807, 2.05) is 22.6 Å². The van der Waals surface area contributed by atoms with Crippen LogP contribution in [-0.4, -0.2) is 7.11 Å². The molecule has 0 amide bonds. The monoisotopic (exact) mass is 286 g/mol. The van der Waals surface area contributed by atoms with Crippen molar-refractivity contribution in [1.82, 2.24) is 0 Å². The zero-order valence-electron chi connectivity index (χ0n) is 5.70. The standard InChI is InChI=1S/C7H5ClFIO/c1-11-5-3-2-4(9)7(10)6(5)8/h2-3H,1H3. The minimum Gasteiger partial charge on any atom is -0.495 e. The van der Waals surface area contributed by atoms with Gasteiger partial charge in [-0.1, -0.05) is 11.6 Å². The topological polar surface area (TPSA) is 9.23 Å². The molecule has 0 aliphatic heterocycles. The van der Waals surface area contributed by atoms with Gasteiger partial charge in [0.05, 0.1) is 15.7 Å². The average Bonchev–Trinajstić information content (AvgIpc) is 2.01. The second kappa shape index (κ2) is 3.58. The summed E-state index contributed by atoms with van der Waals surface area (Å²) in [6.07, 6.45) is 0. The van der Waals surface area contributed by atoms with Crippen molar-refractivity contribution in [2.75, 3.05) is 7.11 Å². The van der Waals surface area contributed by atoms with Crippen LogP contribution in [0.5, 0.6) is 5.75 Å². The molecular weight excluding hydrogens is 281 g/mol. The number of benzene rings is 1. The van der Waals surface area contributed by atoms with Crippen LogP contribution < -0.4 is 4.74 Å². The van der Waals surface area contributed by atoms with E-state index in [9.17, 15) is 4.39 Å². The van der Waals surface area contributed by atoms with Crippen LogP contribution in [0.1, 0.15) is 0 Å². The van der Waals surface area contributed by atoms with Crippen molar-refractivity contribution in [2.45, 2.75) is 0 Å². The van der Waals surface area contributed by atoms with Crippen LogP contribution in [0.3, 0.4) is 0 Å². The molecule has 60 valence electrons. The summed E-state index contributed by atoms with van der Waals surface area (Å²) in [4.78, 5) is 0. The van der Waals surface area contributed by atoms with Gasteiger partial charge in [-0.15, -0.1) is 0 Å². The van der Waals surface area contributed by atoms with Crippen LogP contribution in [0.2, 0.25) is 5.02 Å². The highest BCUT2D eigenvalue weighted by Gasteiger charge is 2.08. The Bertz CT molecular complexity index is 277. The zero-order valence-corrected chi connectivity index (χ0v) is 8.61. The summed E-state index contributed by atoms with van der Waals surface area (Å²) in [6.45, 7) is 0. The second-order valence-electron chi connectivity index (χ2n) is 1.88. The SMILES string of the molecule is COc1ccc(F)c(I)c1Cl. The molecule has 1 aromatic carbocycles. The molecule has 4 heteroatoms. The van der Waals surface area contributed by atoms with Gasteiger partial charge in [0.15, 0.2) is 0 Å². The van der Waals surface area contributed by atoms with Crippen molar-refractivity contribution in [3.05, 3.63) is 26.5 Å². The maximum atomic E-state index is 12.7. The summed E-state index contributed by atoms with van der Waals surface area (Å²) in [5.74, 6) is 0.175. The first-order valence-corrected chi connectivity index (χ1v) is 4.30. The number of hydrogen-bond donors (Lipinski definition) is 0. The van der Waals surface area contributed by atoms with Gasteiger partial charge in [0.1, 0.15) is 11.6 Å². The fraction of sp³-hybridized carbons (Fsp3) is 0.143. The fourth-order valence-electron chi connectivity index (χ4n) is 0.666. The lowest BCUT2D eigenvalue weighted by Gasteiger charge is -2.03. The zero-order chi connectivity index (χ0) is 8.43. The minimum atomic E-state index is -0.323. The van der Waals surface area contributed by atoms with Gasteiger partial charge in [0, 0.05) is 0 Å². The van der Waals surface area contributed by atoms with Crippen molar-refractivity contribution < 1.29 is 9.13 Å². The molecule has 11 heavy (non-hydrogen) atoms. The predicted molar refractivity (Wildman–Crippen MR) is 50.7 cm³/mol. The normalized spacial score (nSPS) is 9.82. The molecule has 0 bridgehead atoms.